The van der Waals surface area contributed by atoms with Gasteiger partial charge in [0.15, 0.2) is 0 Å². The van der Waals surface area contributed by atoms with E-state index >= 15 is 0 Å². The maximum Gasteiger partial charge on any atom is 0.325 e. The molecule has 0 atom stereocenters. The summed E-state index contributed by atoms with van der Waals surface area (Å²) in [6.45, 7) is -0.0432. The van der Waals surface area contributed by atoms with Crippen molar-refractivity contribution in [2.75, 3.05) is 7.11 Å². The van der Waals surface area contributed by atoms with Gasteiger partial charge in [0.2, 0.25) is 10.0 Å². The van der Waals surface area contributed by atoms with Gasteiger partial charge in [0.05, 0.1) is 12.0 Å². The van der Waals surface area contributed by atoms with Gasteiger partial charge in [0.1, 0.15) is 6.54 Å². The molecule has 1 aromatic heterocycles. The van der Waals surface area contributed by atoms with E-state index < -0.39 is 21.6 Å². The number of rotatable bonds is 8. The fraction of sp³-hybridized carbons (Fsp3) is 0.182. The Kier molecular flexibility index (Phi) is 6.81. The number of ether oxygens (including phenoxy) is 1. The van der Waals surface area contributed by atoms with Crippen LogP contribution in [-0.4, -0.2) is 30.4 Å². The smallest absolute Gasteiger partial charge is 0.325 e. The molecule has 8 heteroatoms. The van der Waals surface area contributed by atoms with Crippen molar-refractivity contribution in [2.45, 2.75) is 24.5 Å². The Morgan fingerprint density at radius 1 is 0.900 bits per heavy atom. The largest absolute Gasteiger partial charge is 0.468 e. The molecule has 0 saturated carbocycles. The van der Waals surface area contributed by atoms with E-state index in [0.717, 1.165) is 21.8 Å². The Morgan fingerprint density at radius 3 is 1.93 bits per heavy atom. The van der Waals surface area contributed by atoms with Crippen LogP contribution >= 0.6 is 0 Å². The average molecular weight is 426 g/mol. The third-order valence-electron chi connectivity index (χ3n) is 4.52. The molecular weight excluding hydrogens is 404 g/mol. The first-order chi connectivity index (χ1) is 14.4. The first kappa shape index (κ1) is 21.5. The van der Waals surface area contributed by atoms with Gasteiger partial charge >= 0.3 is 5.97 Å². The zero-order chi connectivity index (χ0) is 21.6. The molecule has 0 amide bonds. The highest BCUT2D eigenvalue weighted by molar-refractivity contribution is 7.89. The van der Waals surface area contributed by atoms with E-state index in [9.17, 15) is 18.0 Å². The topological polar surface area (TPSA) is 85.7 Å². The number of esters is 1. The van der Waals surface area contributed by atoms with Gasteiger partial charge in [-0.05, 0) is 17.2 Å². The van der Waals surface area contributed by atoms with E-state index in [-0.39, 0.29) is 24.5 Å². The summed E-state index contributed by atoms with van der Waals surface area (Å²) in [4.78, 5) is 23.5. The SMILES string of the molecule is COC(=O)Cn1cc(S(=O)(=O)N(Cc2ccccc2)Cc2ccccc2)ccc1=O. The molecule has 3 rings (SSSR count). The third kappa shape index (κ3) is 5.22. The van der Waals surface area contributed by atoms with E-state index in [0.29, 0.717) is 0 Å². The first-order valence-electron chi connectivity index (χ1n) is 9.25. The summed E-state index contributed by atoms with van der Waals surface area (Å²) < 4.78 is 33.9. The van der Waals surface area contributed by atoms with Gasteiger partial charge in [-0.1, -0.05) is 60.7 Å². The lowest BCUT2D eigenvalue weighted by Crippen LogP contribution is -2.32. The lowest BCUT2D eigenvalue weighted by atomic mass is 10.2. The minimum Gasteiger partial charge on any atom is -0.468 e. The van der Waals surface area contributed by atoms with Crippen molar-refractivity contribution in [3.8, 4) is 0 Å². The standard InChI is InChI=1S/C22H22N2O5S/c1-29-22(26)17-23-16-20(12-13-21(23)25)30(27,28)24(14-18-8-4-2-5-9-18)15-19-10-6-3-7-11-19/h2-13,16H,14-15,17H2,1H3. The van der Waals surface area contributed by atoms with Crippen molar-refractivity contribution >= 4 is 16.0 Å². The highest BCUT2D eigenvalue weighted by Gasteiger charge is 2.26. The van der Waals surface area contributed by atoms with Gasteiger partial charge in [-0.3, -0.25) is 9.59 Å². The van der Waals surface area contributed by atoms with E-state index in [1.54, 1.807) is 0 Å². The average Bonchev–Trinajstić information content (AvgIpc) is 2.76. The molecule has 0 radical (unpaired) electrons. The number of pyridine rings is 1. The number of hydrogen-bond acceptors (Lipinski definition) is 5. The van der Waals surface area contributed by atoms with Crippen LogP contribution in [0.15, 0.2) is 88.7 Å². The molecule has 0 spiro atoms. The number of sulfonamides is 1. The minimum absolute atomic E-state index is 0.0714. The van der Waals surface area contributed by atoms with Gasteiger partial charge in [-0.15, -0.1) is 0 Å². The molecule has 0 aliphatic rings. The zero-order valence-corrected chi connectivity index (χ0v) is 17.3. The van der Waals surface area contributed by atoms with Gasteiger partial charge in [-0.25, -0.2) is 8.42 Å². The second kappa shape index (κ2) is 9.51. The van der Waals surface area contributed by atoms with Crippen LogP contribution in [0.5, 0.6) is 0 Å². The Bertz CT molecular complexity index is 1120. The summed E-state index contributed by atoms with van der Waals surface area (Å²) >= 11 is 0. The molecule has 0 N–H and O–H groups in total. The monoisotopic (exact) mass is 426 g/mol. The first-order valence-corrected chi connectivity index (χ1v) is 10.7. The van der Waals surface area contributed by atoms with Crippen molar-refractivity contribution in [3.05, 3.63) is 100 Å². The van der Waals surface area contributed by atoms with Crippen molar-refractivity contribution in [1.29, 1.82) is 0 Å². The Hall–Kier alpha value is -3.23. The van der Waals surface area contributed by atoms with Crippen molar-refractivity contribution in [1.82, 2.24) is 8.87 Å². The normalized spacial score (nSPS) is 11.4. The molecule has 0 bridgehead atoms. The van der Waals surface area contributed by atoms with Crippen molar-refractivity contribution < 1.29 is 17.9 Å². The fourth-order valence-corrected chi connectivity index (χ4v) is 4.37. The van der Waals surface area contributed by atoms with E-state index in [1.807, 2.05) is 60.7 Å². The number of methoxy groups -OCH3 is 1. The van der Waals surface area contributed by atoms with Crippen LogP contribution < -0.4 is 5.56 Å². The van der Waals surface area contributed by atoms with Gasteiger partial charge in [-0.2, -0.15) is 4.31 Å². The van der Waals surface area contributed by atoms with Crippen molar-refractivity contribution in [3.63, 3.8) is 0 Å². The van der Waals surface area contributed by atoms with Crippen LogP contribution in [0.1, 0.15) is 11.1 Å². The Labute approximate surface area is 175 Å². The second-order valence-corrected chi connectivity index (χ2v) is 8.59. The number of hydrogen-bond donors (Lipinski definition) is 0. The minimum atomic E-state index is -3.96. The summed E-state index contributed by atoms with van der Waals surface area (Å²) in [6.07, 6.45) is 1.18. The summed E-state index contributed by atoms with van der Waals surface area (Å²) in [5, 5.41) is 0. The third-order valence-corrected chi connectivity index (χ3v) is 6.30. The fourth-order valence-electron chi connectivity index (χ4n) is 2.94. The molecule has 0 fully saturated rings. The number of carbonyl (C=O) groups excluding carboxylic acids is 1. The second-order valence-electron chi connectivity index (χ2n) is 6.65. The zero-order valence-electron chi connectivity index (χ0n) is 16.5. The van der Waals surface area contributed by atoms with E-state index in [4.69, 9.17) is 0 Å². The van der Waals surface area contributed by atoms with Crippen LogP contribution in [0.25, 0.3) is 0 Å². The highest BCUT2D eigenvalue weighted by Crippen LogP contribution is 2.20. The molecular formula is C22H22N2O5S. The molecule has 0 saturated heterocycles. The Morgan fingerprint density at radius 2 is 1.43 bits per heavy atom. The van der Waals surface area contributed by atoms with Crippen molar-refractivity contribution in [2.24, 2.45) is 0 Å². The maximum atomic E-state index is 13.5. The molecule has 7 nitrogen and oxygen atoms in total. The molecule has 2 aromatic carbocycles. The lowest BCUT2D eigenvalue weighted by molar-refractivity contribution is -0.141. The summed E-state index contributed by atoms with van der Waals surface area (Å²) in [5.74, 6) is -0.642. The molecule has 0 aliphatic heterocycles. The maximum absolute atomic E-state index is 13.5. The van der Waals surface area contributed by atoms with Gasteiger partial charge in [0, 0.05) is 25.4 Å². The lowest BCUT2D eigenvalue weighted by Gasteiger charge is -2.23. The van der Waals surface area contributed by atoms with Crippen LogP contribution in [0.2, 0.25) is 0 Å². The van der Waals surface area contributed by atoms with Crippen LogP contribution in [0.4, 0.5) is 0 Å². The molecule has 0 aliphatic carbocycles. The van der Waals surface area contributed by atoms with Gasteiger partial charge < -0.3 is 9.30 Å². The van der Waals surface area contributed by atoms with E-state index in [2.05, 4.69) is 4.74 Å². The number of aromatic nitrogens is 1. The number of nitrogens with zero attached hydrogens (tertiary/aromatic N) is 2. The van der Waals surface area contributed by atoms with E-state index in [1.165, 1.54) is 23.7 Å². The number of benzene rings is 2. The van der Waals surface area contributed by atoms with Crippen LogP contribution in [0, 0.1) is 0 Å². The highest BCUT2D eigenvalue weighted by atomic mass is 32.2. The summed E-state index contributed by atoms with van der Waals surface area (Å²) in [5.41, 5.74) is 1.18. The summed E-state index contributed by atoms with van der Waals surface area (Å²) in [6, 6.07) is 20.9. The predicted molar refractivity (Wildman–Crippen MR) is 112 cm³/mol. The van der Waals surface area contributed by atoms with Crippen LogP contribution in [0.3, 0.4) is 0 Å². The number of carbonyl (C=O) groups is 1. The molecule has 30 heavy (non-hydrogen) atoms. The quantitative estimate of drug-likeness (QED) is 0.517. The molecule has 1 heterocycles. The molecule has 156 valence electrons. The predicted octanol–water partition coefficient (Wildman–Crippen LogP) is 2.41. The molecule has 0 unspecified atom stereocenters. The Balaban J connectivity index is 1.99. The summed E-state index contributed by atoms with van der Waals surface area (Å²) in [7, 11) is -2.75. The molecule has 3 aromatic rings. The van der Waals surface area contributed by atoms with Gasteiger partial charge in [0.25, 0.3) is 5.56 Å². The van der Waals surface area contributed by atoms with Crippen LogP contribution in [-0.2, 0) is 39.2 Å².